The standard InChI is InChI=1S/C22H22N4O5S2/c27-20(9-12-24-10-2-1-3-11-24)23-25-21(28)19(33-22(25)32)14-17-7-8-18(31-17)15-5-4-6-16(13-15)26(29)30/h4-8,13-14H,1-3,9-12H2,(H,23,27)/b19-14+. The Labute approximate surface area is 199 Å². The van der Waals surface area contributed by atoms with E-state index in [1.54, 1.807) is 30.3 Å². The van der Waals surface area contributed by atoms with Gasteiger partial charge in [0.15, 0.2) is 4.32 Å². The molecule has 2 fully saturated rings. The summed E-state index contributed by atoms with van der Waals surface area (Å²) in [6, 6.07) is 9.44. The molecule has 1 N–H and O–H groups in total. The lowest BCUT2D eigenvalue weighted by Gasteiger charge is -2.26. The fourth-order valence-corrected chi connectivity index (χ4v) is 4.83. The van der Waals surface area contributed by atoms with Crippen molar-refractivity contribution in [3.63, 3.8) is 0 Å². The molecule has 1 aromatic heterocycles. The normalized spacial score (nSPS) is 18.2. The smallest absolute Gasteiger partial charge is 0.285 e. The van der Waals surface area contributed by atoms with Crippen LogP contribution in [0.4, 0.5) is 5.69 Å². The molecule has 172 valence electrons. The van der Waals surface area contributed by atoms with Crippen LogP contribution in [0.1, 0.15) is 31.4 Å². The van der Waals surface area contributed by atoms with E-state index in [4.69, 9.17) is 16.6 Å². The third-order valence-corrected chi connectivity index (χ3v) is 6.68. The number of thiocarbonyl (C=S) groups is 1. The van der Waals surface area contributed by atoms with Gasteiger partial charge >= 0.3 is 0 Å². The highest BCUT2D eigenvalue weighted by atomic mass is 32.2. The van der Waals surface area contributed by atoms with Crippen LogP contribution in [0.2, 0.25) is 0 Å². The highest BCUT2D eigenvalue weighted by Crippen LogP contribution is 2.33. The predicted molar refractivity (Wildman–Crippen MR) is 129 cm³/mol. The monoisotopic (exact) mass is 486 g/mol. The Kier molecular flexibility index (Phi) is 7.21. The molecule has 2 aliphatic heterocycles. The van der Waals surface area contributed by atoms with E-state index < -0.39 is 10.8 Å². The van der Waals surface area contributed by atoms with Crippen molar-refractivity contribution in [2.24, 2.45) is 0 Å². The van der Waals surface area contributed by atoms with Crippen molar-refractivity contribution in [2.75, 3.05) is 19.6 Å². The molecule has 33 heavy (non-hydrogen) atoms. The quantitative estimate of drug-likeness (QED) is 0.271. The van der Waals surface area contributed by atoms with Crippen molar-refractivity contribution in [1.82, 2.24) is 15.3 Å². The van der Waals surface area contributed by atoms with Crippen molar-refractivity contribution in [2.45, 2.75) is 25.7 Å². The molecular formula is C22H22N4O5S2. The first-order valence-corrected chi connectivity index (χ1v) is 11.8. The molecule has 3 heterocycles. The van der Waals surface area contributed by atoms with Gasteiger partial charge in [0.1, 0.15) is 11.5 Å². The number of nitrogens with zero attached hydrogens (tertiary/aromatic N) is 3. The van der Waals surface area contributed by atoms with Crippen LogP contribution < -0.4 is 5.43 Å². The summed E-state index contributed by atoms with van der Waals surface area (Å²) < 4.78 is 5.99. The van der Waals surface area contributed by atoms with Crippen LogP contribution in [0, 0.1) is 10.1 Å². The van der Waals surface area contributed by atoms with Crippen LogP contribution in [0.15, 0.2) is 45.7 Å². The van der Waals surface area contributed by atoms with Crippen LogP contribution in [0.25, 0.3) is 17.4 Å². The van der Waals surface area contributed by atoms with Gasteiger partial charge in [-0.2, -0.15) is 5.01 Å². The van der Waals surface area contributed by atoms with E-state index in [1.807, 2.05) is 0 Å². The highest BCUT2D eigenvalue weighted by molar-refractivity contribution is 8.26. The molecule has 11 heteroatoms. The average molecular weight is 487 g/mol. The third-order valence-electron chi connectivity index (χ3n) is 5.38. The molecule has 0 atom stereocenters. The fourth-order valence-electron chi connectivity index (χ4n) is 3.67. The topological polar surface area (TPSA) is 109 Å². The summed E-state index contributed by atoms with van der Waals surface area (Å²) in [4.78, 5) is 38.2. The zero-order valence-corrected chi connectivity index (χ0v) is 19.3. The number of amides is 2. The van der Waals surface area contributed by atoms with E-state index in [2.05, 4.69) is 10.3 Å². The maximum Gasteiger partial charge on any atom is 0.285 e. The van der Waals surface area contributed by atoms with E-state index >= 15 is 0 Å². The number of hydrogen-bond donors (Lipinski definition) is 1. The van der Waals surface area contributed by atoms with Gasteiger partial charge in [-0.3, -0.25) is 25.1 Å². The van der Waals surface area contributed by atoms with Gasteiger partial charge in [0.05, 0.1) is 9.83 Å². The third kappa shape index (κ3) is 5.67. The fraction of sp³-hybridized carbons (Fsp3) is 0.318. The van der Waals surface area contributed by atoms with Gasteiger partial charge in [0.2, 0.25) is 5.91 Å². The summed E-state index contributed by atoms with van der Waals surface area (Å²) in [5, 5.41) is 12.1. The van der Waals surface area contributed by atoms with E-state index in [0.717, 1.165) is 42.7 Å². The molecule has 2 aromatic rings. The summed E-state index contributed by atoms with van der Waals surface area (Å²) in [5.41, 5.74) is 3.12. The Morgan fingerprint density at radius 2 is 2.03 bits per heavy atom. The summed E-state index contributed by atoms with van der Waals surface area (Å²) in [5.74, 6) is 0.147. The minimum atomic E-state index is -0.473. The van der Waals surface area contributed by atoms with Crippen molar-refractivity contribution in [3.8, 4) is 11.3 Å². The number of rotatable bonds is 7. The van der Waals surface area contributed by atoms with E-state index in [1.165, 1.54) is 18.6 Å². The Balaban J connectivity index is 1.39. The van der Waals surface area contributed by atoms with Crippen LogP contribution in [-0.2, 0) is 9.59 Å². The van der Waals surface area contributed by atoms with E-state index in [0.29, 0.717) is 35.0 Å². The number of nitro groups is 1. The van der Waals surface area contributed by atoms with Crippen molar-refractivity contribution in [1.29, 1.82) is 0 Å². The molecule has 1 aromatic carbocycles. The van der Waals surface area contributed by atoms with Gasteiger partial charge in [-0.05, 0) is 50.3 Å². The second-order valence-corrected chi connectivity index (χ2v) is 9.39. The lowest BCUT2D eigenvalue weighted by atomic mass is 10.1. The molecule has 2 saturated heterocycles. The molecule has 2 amide bonds. The van der Waals surface area contributed by atoms with Gasteiger partial charge in [-0.1, -0.05) is 30.3 Å². The Morgan fingerprint density at radius 1 is 1.24 bits per heavy atom. The van der Waals surface area contributed by atoms with Crippen LogP contribution in [-0.4, -0.2) is 50.6 Å². The van der Waals surface area contributed by atoms with Gasteiger partial charge in [0, 0.05) is 36.7 Å². The molecule has 9 nitrogen and oxygen atoms in total. The van der Waals surface area contributed by atoms with Gasteiger partial charge < -0.3 is 9.32 Å². The first-order chi connectivity index (χ1) is 15.9. The van der Waals surface area contributed by atoms with Gasteiger partial charge in [0.25, 0.3) is 11.6 Å². The Bertz CT molecular complexity index is 1120. The second-order valence-electron chi connectivity index (χ2n) is 7.71. The van der Waals surface area contributed by atoms with Gasteiger partial charge in [-0.25, -0.2) is 0 Å². The first-order valence-electron chi connectivity index (χ1n) is 10.6. The largest absolute Gasteiger partial charge is 0.457 e. The summed E-state index contributed by atoms with van der Waals surface area (Å²) in [7, 11) is 0. The van der Waals surface area contributed by atoms with Crippen LogP contribution >= 0.6 is 24.0 Å². The van der Waals surface area contributed by atoms with Crippen molar-refractivity contribution in [3.05, 3.63) is 57.2 Å². The number of carbonyl (C=O) groups excluding carboxylic acids is 2. The van der Waals surface area contributed by atoms with Crippen molar-refractivity contribution < 1.29 is 18.9 Å². The second kappa shape index (κ2) is 10.3. The molecule has 0 radical (unpaired) electrons. The maximum absolute atomic E-state index is 12.8. The average Bonchev–Trinajstić information content (AvgIpc) is 3.39. The molecule has 2 aliphatic rings. The number of carbonyl (C=O) groups is 2. The zero-order valence-electron chi connectivity index (χ0n) is 17.7. The molecule has 0 bridgehead atoms. The highest BCUT2D eigenvalue weighted by Gasteiger charge is 2.34. The SMILES string of the molecule is O=C(CCN1CCCCC1)NN1C(=O)/C(=C\c2ccc(-c3cccc([N+](=O)[O-])c3)o2)SC1=S. The number of benzene rings is 1. The minimum absolute atomic E-state index is 0.0395. The number of furan rings is 1. The van der Waals surface area contributed by atoms with Gasteiger partial charge in [-0.15, -0.1) is 0 Å². The molecule has 0 unspecified atom stereocenters. The number of nitrogens with one attached hydrogen (secondary N) is 1. The predicted octanol–water partition coefficient (Wildman–Crippen LogP) is 3.96. The van der Waals surface area contributed by atoms with Crippen LogP contribution in [0.3, 0.4) is 0 Å². The molecular weight excluding hydrogens is 464 g/mol. The molecule has 0 aliphatic carbocycles. The zero-order chi connectivity index (χ0) is 23.4. The number of hydrazine groups is 1. The number of nitro benzene ring substituents is 1. The molecule has 4 rings (SSSR count). The lowest BCUT2D eigenvalue weighted by Crippen LogP contribution is -2.46. The summed E-state index contributed by atoms with van der Waals surface area (Å²) in [6.45, 7) is 2.65. The van der Waals surface area contributed by atoms with Crippen molar-refractivity contribution >= 4 is 51.9 Å². The van der Waals surface area contributed by atoms with E-state index in [-0.39, 0.29) is 15.9 Å². The summed E-state index contributed by atoms with van der Waals surface area (Å²) in [6.07, 6.45) is 5.36. The van der Waals surface area contributed by atoms with Crippen LogP contribution in [0.5, 0.6) is 0 Å². The summed E-state index contributed by atoms with van der Waals surface area (Å²) >= 11 is 6.34. The number of non-ortho nitro benzene ring substituents is 1. The first kappa shape index (κ1) is 23.1. The lowest BCUT2D eigenvalue weighted by molar-refractivity contribution is -0.384. The van der Waals surface area contributed by atoms with E-state index in [9.17, 15) is 19.7 Å². The Hall–Kier alpha value is -3.02. The number of likely N-dealkylation sites (tertiary alicyclic amines) is 1. The number of piperidine rings is 1. The minimum Gasteiger partial charge on any atom is -0.457 e. The number of thioether (sulfide) groups is 1. The number of hydrogen-bond acceptors (Lipinski definition) is 8. The molecule has 0 spiro atoms. The molecule has 0 saturated carbocycles. The Morgan fingerprint density at radius 3 is 2.79 bits per heavy atom. The maximum atomic E-state index is 12.8.